The van der Waals surface area contributed by atoms with Gasteiger partial charge in [-0.2, -0.15) is 0 Å². The second-order valence-corrected chi connectivity index (χ2v) is 8.21. The van der Waals surface area contributed by atoms with Gasteiger partial charge in [0.1, 0.15) is 12.1 Å². The van der Waals surface area contributed by atoms with Crippen LogP contribution >= 0.6 is 0 Å². The van der Waals surface area contributed by atoms with E-state index < -0.39 is 35.5 Å². The van der Waals surface area contributed by atoms with Gasteiger partial charge in [-0.15, -0.1) is 0 Å². The van der Waals surface area contributed by atoms with Crippen molar-refractivity contribution in [2.24, 2.45) is 0 Å². The molecule has 0 aliphatic heterocycles. The highest BCUT2D eigenvalue weighted by molar-refractivity contribution is 5.98. The molecular weight excluding hydrogens is 408 g/mol. The van der Waals surface area contributed by atoms with Gasteiger partial charge in [-0.05, 0) is 30.5 Å². The molecule has 0 saturated heterocycles. The average Bonchev–Trinajstić information content (AvgIpc) is 2.83. The standard InChI is InChI=1S/C25H30N2O5/c1-32-24(30)20(17-18-11-5-2-6-12-18)26-23(29)21(25(31)15-9-4-10-16-25)27-22(28)19-13-7-3-8-14-19/h2-3,5-8,11-14,20-21,31H,4,9-10,15-17H2,1H3,(H,26,29)(H,27,28)/t20-,21+/m0/s1. The maximum atomic E-state index is 13.3. The van der Waals surface area contributed by atoms with E-state index in [9.17, 15) is 19.5 Å². The molecule has 1 aliphatic carbocycles. The smallest absolute Gasteiger partial charge is 0.328 e. The van der Waals surface area contributed by atoms with Crippen LogP contribution in [0.4, 0.5) is 0 Å². The fourth-order valence-corrected chi connectivity index (χ4v) is 4.14. The lowest BCUT2D eigenvalue weighted by atomic mass is 9.78. The monoisotopic (exact) mass is 438 g/mol. The zero-order valence-corrected chi connectivity index (χ0v) is 18.3. The second-order valence-electron chi connectivity index (χ2n) is 8.21. The van der Waals surface area contributed by atoms with Crippen LogP contribution < -0.4 is 10.6 Å². The molecule has 2 atom stereocenters. The summed E-state index contributed by atoms with van der Waals surface area (Å²) in [5, 5.41) is 16.7. The Morgan fingerprint density at radius 1 is 0.938 bits per heavy atom. The Hall–Kier alpha value is -3.19. The van der Waals surface area contributed by atoms with E-state index in [1.165, 1.54) is 7.11 Å². The van der Waals surface area contributed by atoms with E-state index in [0.717, 1.165) is 24.8 Å². The predicted molar refractivity (Wildman–Crippen MR) is 120 cm³/mol. The van der Waals surface area contributed by atoms with Crippen molar-refractivity contribution in [3.8, 4) is 0 Å². The van der Waals surface area contributed by atoms with Crippen molar-refractivity contribution in [2.45, 2.75) is 56.2 Å². The molecule has 1 fully saturated rings. The quantitative estimate of drug-likeness (QED) is 0.549. The number of rotatable bonds is 8. The summed E-state index contributed by atoms with van der Waals surface area (Å²) >= 11 is 0. The lowest BCUT2D eigenvalue weighted by molar-refractivity contribution is -0.146. The third-order valence-corrected chi connectivity index (χ3v) is 5.92. The number of aliphatic hydroxyl groups is 1. The van der Waals surface area contributed by atoms with Crippen molar-refractivity contribution in [1.82, 2.24) is 10.6 Å². The molecule has 170 valence electrons. The summed E-state index contributed by atoms with van der Waals surface area (Å²) in [4.78, 5) is 38.5. The molecule has 0 unspecified atom stereocenters. The van der Waals surface area contributed by atoms with Gasteiger partial charge >= 0.3 is 5.97 Å². The molecule has 7 nitrogen and oxygen atoms in total. The highest BCUT2D eigenvalue weighted by Gasteiger charge is 2.44. The fraction of sp³-hybridized carbons (Fsp3) is 0.400. The summed E-state index contributed by atoms with van der Waals surface area (Å²) < 4.78 is 4.88. The zero-order valence-electron chi connectivity index (χ0n) is 18.3. The lowest BCUT2D eigenvalue weighted by Crippen LogP contribution is -2.62. The molecule has 0 heterocycles. The van der Waals surface area contributed by atoms with Crippen molar-refractivity contribution < 1.29 is 24.2 Å². The molecule has 0 aromatic heterocycles. The van der Waals surface area contributed by atoms with Crippen LogP contribution in [0, 0.1) is 0 Å². The number of methoxy groups -OCH3 is 1. The number of ether oxygens (including phenoxy) is 1. The number of hydrogen-bond acceptors (Lipinski definition) is 5. The molecule has 32 heavy (non-hydrogen) atoms. The normalized spacial score (nSPS) is 16.9. The number of benzene rings is 2. The summed E-state index contributed by atoms with van der Waals surface area (Å²) in [6.45, 7) is 0. The SMILES string of the molecule is COC(=O)[C@H](Cc1ccccc1)NC(=O)[C@@H](NC(=O)c1ccccc1)C1(O)CCCCC1. The Morgan fingerprint density at radius 2 is 1.53 bits per heavy atom. The van der Waals surface area contributed by atoms with Crippen LogP contribution in [0.5, 0.6) is 0 Å². The van der Waals surface area contributed by atoms with Crippen molar-refractivity contribution in [3.63, 3.8) is 0 Å². The first-order valence-electron chi connectivity index (χ1n) is 10.9. The van der Waals surface area contributed by atoms with Gasteiger partial charge in [-0.1, -0.05) is 67.8 Å². The van der Waals surface area contributed by atoms with Gasteiger partial charge in [0, 0.05) is 12.0 Å². The van der Waals surface area contributed by atoms with Gasteiger partial charge in [0.25, 0.3) is 5.91 Å². The molecule has 0 radical (unpaired) electrons. The zero-order chi connectivity index (χ0) is 23.0. The van der Waals surface area contributed by atoms with E-state index >= 15 is 0 Å². The molecule has 1 aliphatic rings. The fourth-order valence-electron chi connectivity index (χ4n) is 4.14. The minimum Gasteiger partial charge on any atom is -0.467 e. The van der Waals surface area contributed by atoms with Crippen LogP contribution in [-0.2, 0) is 20.7 Å². The van der Waals surface area contributed by atoms with E-state index in [2.05, 4.69) is 10.6 Å². The van der Waals surface area contributed by atoms with E-state index in [-0.39, 0.29) is 6.42 Å². The summed E-state index contributed by atoms with van der Waals surface area (Å²) in [5.74, 6) is -1.65. The molecule has 0 spiro atoms. The Balaban J connectivity index is 1.82. The van der Waals surface area contributed by atoms with Crippen LogP contribution in [0.2, 0.25) is 0 Å². The van der Waals surface area contributed by atoms with Gasteiger partial charge < -0.3 is 20.5 Å². The first-order valence-corrected chi connectivity index (χ1v) is 10.9. The third kappa shape index (κ3) is 5.95. The maximum Gasteiger partial charge on any atom is 0.328 e. The molecule has 2 amide bonds. The molecule has 0 bridgehead atoms. The van der Waals surface area contributed by atoms with Gasteiger partial charge in [0.15, 0.2) is 0 Å². The van der Waals surface area contributed by atoms with Crippen LogP contribution in [0.25, 0.3) is 0 Å². The van der Waals surface area contributed by atoms with Gasteiger partial charge in [-0.3, -0.25) is 9.59 Å². The topological polar surface area (TPSA) is 105 Å². The molecule has 7 heteroatoms. The Bertz CT molecular complexity index is 910. The lowest BCUT2D eigenvalue weighted by Gasteiger charge is -2.39. The molecule has 2 aromatic carbocycles. The van der Waals surface area contributed by atoms with Crippen LogP contribution in [0.1, 0.15) is 48.0 Å². The van der Waals surface area contributed by atoms with Gasteiger partial charge in [-0.25, -0.2) is 4.79 Å². The van der Waals surface area contributed by atoms with E-state index in [1.807, 2.05) is 30.3 Å². The number of esters is 1. The largest absolute Gasteiger partial charge is 0.467 e. The summed E-state index contributed by atoms with van der Waals surface area (Å²) in [7, 11) is 1.26. The molecule has 2 aromatic rings. The minimum absolute atomic E-state index is 0.233. The second kappa shape index (κ2) is 10.9. The number of carbonyl (C=O) groups excluding carboxylic acids is 3. The third-order valence-electron chi connectivity index (χ3n) is 5.92. The average molecular weight is 439 g/mol. The van der Waals surface area contributed by atoms with E-state index in [0.29, 0.717) is 18.4 Å². The highest BCUT2D eigenvalue weighted by atomic mass is 16.5. The van der Waals surface area contributed by atoms with Crippen molar-refractivity contribution in [1.29, 1.82) is 0 Å². The van der Waals surface area contributed by atoms with Gasteiger partial charge in [0.05, 0.1) is 12.7 Å². The highest BCUT2D eigenvalue weighted by Crippen LogP contribution is 2.31. The first-order chi connectivity index (χ1) is 15.4. The summed E-state index contributed by atoms with van der Waals surface area (Å²) in [6.07, 6.45) is 3.49. The molecule has 1 saturated carbocycles. The summed E-state index contributed by atoms with van der Waals surface area (Å²) in [5.41, 5.74) is -0.150. The van der Waals surface area contributed by atoms with Crippen molar-refractivity contribution >= 4 is 17.8 Å². The van der Waals surface area contributed by atoms with Crippen LogP contribution in [0.3, 0.4) is 0 Å². The van der Waals surface area contributed by atoms with E-state index in [4.69, 9.17) is 4.74 Å². The number of hydrogen-bond donors (Lipinski definition) is 3. The minimum atomic E-state index is -1.39. The number of carbonyl (C=O) groups is 3. The Kier molecular flexibility index (Phi) is 8.00. The molecular formula is C25H30N2O5. The maximum absolute atomic E-state index is 13.3. The van der Waals surface area contributed by atoms with Crippen LogP contribution in [0.15, 0.2) is 60.7 Å². The van der Waals surface area contributed by atoms with Crippen molar-refractivity contribution in [2.75, 3.05) is 7.11 Å². The Morgan fingerprint density at radius 3 is 2.12 bits per heavy atom. The summed E-state index contributed by atoms with van der Waals surface area (Å²) in [6, 6.07) is 15.7. The number of amides is 2. The molecule has 3 N–H and O–H groups in total. The Labute approximate surface area is 188 Å². The van der Waals surface area contributed by atoms with E-state index in [1.54, 1.807) is 30.3 Å². The molecule has 3 rings (SSSR count). The van der Waals surface area contributed by atoms with Crippen molar-refractivity contribution in [3.05, 3.63) is 71.8 Å². The van der Waals surface area contributed by atoms with Crippen LogP contribution in [-0.4, -0.2) is 47.7 Å². The van der Waals surface area contributed by atoms with Gasteiger partial charge in [0.2, 0.25) is 5.91 Å². The first kappa shape index (κ1) is 23.5. The number of nitrogens with one attached hydrogen (secondary N) is 2. The predicted octanol–water partition coefficient (Wildman–Crippen LogP) is 2.38.